The average molecular weight is 148 g/mol. The van der Waals surface area contributed by atoms with Crippen molar-refractivity contribution in [1.29, 1.82) is 0 Å². The molecule has 1 nitrogen and oxygen atoms in total. The second kappa shape index (κ2) is 2.35. The third-order valence-electron chi connectivity index (χ3n) is 2.69. The molecule has 2 rings (SSSR count). The maximum atomic E-state index is 4.11. The summed E-state index contributed by atoms with van der Waals surface area (Å²) < 4.78 is 0. The Hall–Kier alpha value is -0.820. The van der Waals surface area contributed by atoms with Crippen molar-refractivity contribution in [2.24, 2.45) is 0 Å². The summed E-state index contributed by atoms with van der Waals surface area (Å²) in [6, 6.07) is 0.558. The summed E-state index contributed by atoms with van der Waals surface area (Å²) in [5.41, 5.74) is 8.59. The molecule has 1 atom stereocenters. The Labute approximate surface area is 67.3 Å². The largest absolute Gasteiger partial charge is 0.351 e. The zero-order valence-electron chi connectivity index (χ0n) is 6.77. The van der Waals surface area contributed by atoms with Crippen LogP contribution in [0.1, 0.15) is 19.3 Å². The van der Waals surface area contributed by atoms with E-state index in [0.29, 0.717) is 6.04 Å². The van der Waals surface area contributed by atoms with Crippen molar-refractivity contribution in [2.75, 3.05) is 0 Å². The first kappa shape index (κ1) is 6.86. The number of quaternary nitrogens is 1. The molecule has 2 bridgehead atoms. The van der Waals surface area contributed by atoms with Crippen LogP contribution in [-0.4, -0.2) is 6.04 Å². The van der Waals surface area contributed by atoms with Crippen LogP contribution in [0.5, 0.6) is 0 Å². The van der Waals surface area contributed by atoms with Crippen LogP contribution in [0, 0.1) is 0 Å². The standard InChI is InChI=1S/C10H13N/c1-2-7-3-4-8-5-9(7)6-10(8)11/h2,5,10H,1,3-4,6,11H2/p+1. The van der Waals surface area contributed by atoms with Crippen molar-refractivity contribution in [3.8, 4) is 0 Å². The SMILES string of the molecule is C=CC1=C2C=C(CC1)C([NH3+])C2. The van der Waals surface area contributed by atoms with E-state index in [1.807, 2.05) is 6.08 Å². The average Bonchev–Trinajstić information content (AvgIpc) is 2.30. The van der Waals surface area contributed by atoms with Crippen LogP contribution in [0.25, 0.3) is 0 Å². The van der Waals surface area contributed by atoms with Gasteiger partial charge in [0.1, 0.15) is 6.04 Å². The van der Waals surface area contributed by atoms with Gasteiger partial charge in [0.05, 0.1) is 0 Å². The number of fused-ring (bicyclic) bond motifs is 1. The van der Waals surface area contributed by atoms with E-state index in [4.69, 9.17) is 0 Å². The molecular formula is C10H14N+. The summed E-state index contributed by atoms with van der Waals surface area (Å²) >= 11 is 0. The smallest absolute Gasteiger partial charge is 0.110 e. The molecule has 0 aromatic carbocycles. The van der Waals surface area contributed by atoms with E-state index < -0.39 is 0 Å². The summed E-state index contributed by atoms with van der Waals surface area (Å²) in [6.45, 7) is 3.82. The molecule has 2 aliphatic rings. The Morgan fingerprint density at radius 1 is 1.55 bits per heavy atom. The molecule has 0 spiro atoms. The lowest BCUT2D eigenvalue weighted by Crippen LogP contribution is -2.60. The Morgan fingerprint density at radius 3 is 3.09 bits per heavy atom. The summed E-state index contributed by atoms with van der Waals surface area (Å²) in [7, 11) is 0. The van der Waals surface area contributed by atoms with Gasteiger partial charge in [-0.25, -0.2) is 0 Å². The zero-order valence-corrected chi connectivity index (χ0v) is 6.77. The van der Waals surface area contributed by atoms with Gasteiger partial charge in [-0.05, 0) is 29.6 Å². The maximum absolute atomic E-state index is 4.11. The van der Waals surface area contributed by atoms with Crippen molar-refractivity contribution in [3.05, 3.63) is 35.5 Å². The summed E-state index contributed by atoms with van der Waals surface area (Å²) in [5, 5.41) is 0. The fourth-order valence-corrected chi connectivity index (χ4v) is 1.97. The first-order valence-electron chi connectivity index (χ1n) is 4.19. The highest BCUT2D eigenvalue weighted by atomic mass is 14.7. The van der Waals surface area contributed by atoms with E-state index in [2.05, 4.69) is 18.4 Å². The molecule has 0 saturated heterocycles. The quantitative estimate of drug-likeness (QED) is 0.579. The molecule has 0 aromatic rings. The molecule has 1 heteroatoms. The second-order valence-corrected chi connectivity index (χ2v) is 3.37. The molecule has 3 N–H and O–H groups in total. The van der Waals surface area contributed by atoms with Crippen molar-refractivity contribution >= 4 is 0 Å². The predicted molar refractivity (Wildman–Crippen MR) is 45.8 cm³/mol. The Morgan fingerprint density at radius 2 is 2.36 bits per heavy atom. The van der Waals surface area contributed by atoms with Crippen molar-refractivity contribution < 1.29 is 5.73 Å². The van der Waals surface area contributed by atoms with Crippen molar-refractivity contribution in [3.63, 3.8) is 0 Å². The van der Waals surface area contributed by atoms with Gasteiger partial charge in [0.15, 0.2) is 0 Å². The Kier molecular flexibility index (Phi) is 1.46. The third-order valence-corrected chi connectivity index (χ3v) is 2.69. The Balaban J connectivity index is 2.38. The van der Waals surface area contributed by atoms with Crippen LogP contribution in [0.4, 0.5) is 0 Å². The molecule has 1 unspecified atom stereocenters. The van der Waals surface area contributed by atoms with Crippen LogP contribution >= 0.6 is 0 Å². The van der Waals surface area contributed by atoms with Crippen molar-refractivity contribution in [1.82, 2.24) is 0 Å². The first-order chi connectivity index (χ1) is 5.31. The lowest BCUT2D eigenvalue weighted by Gasteiger charge is -2.07. The fraction of sp³-hybridized carbons (Fsp3) is 0.400. The van der Waals surface area contributed by atoms with E-state index in [0.717, 1.165) is 6.42 Å². The van der Waals surface area contributed by atoms with Crippen LogP contribution in [0.15, 0.2) is 35.5 Å². The van der Waals surface area contributed by atoms with E-state index >= 15 is 0 Å². The lowest BCUT2D eigenvalue weighted by molar-refractivity contribution is -0.404. The Bertz CT molecular complexity index is 258. The summed E-state index contributed by atoms with van der Waals surface area (Å²) in [5.74, 6) is 0. The fourth-order valence-electron chi connectivity index (χ4n) is 1.97. The monoisotopic (exact) mass is 148 g/mol. The van der Waals surface area contributed by atoms with Gasteiger partial charge in [0.25, 0.3) is 0 Å². The number of hydrogen-bond donors (Lipinski definition) is 1. The molecule has 58 valence electrons. The number of hydrogen-bond acceptors (Lipinski definition) is 0. The van der Waals surface area contributed by atoms with Gasteiger partial charge >= 0.3 is 0 Å². The molecule has 0 radical (unpaired) electrons. The summed E-state index contributed by atoms with van der Waals surface area (Å²) in [6.07, 6.45) is 7.87. The van der Waals surface area contributed by atoms with E-state index in [1.54, 1.807) is 5.57 Å². The normalized spacial score (nSPS) is 28.8. The number of rotatable bonds is 1. The molecule has 2 aliphatic carbocycles. The van der Waals surface area contributed by atoms with Crippen LogP contribution in [0.2, 0.25) is 0 Å². The van der Waals surface area contributed by atoms with E-state index in [1.165, 1.54) is 24.0 Å². The number of allylic oxidation sites excluding steroid dienone is 3. The van der Waals surface area contributed by atoms with E-state index in [9.17, 15) is 0 Å². The van der Waals surface area contributed by atoms with Crippen LogP contribution in [0.3, 0.4) is 0 Å². The maximum Gasteiger partial charge on any atom is 0.110 e. The highest BCUT2D eigenvalue weighted by molar-refractivity contribution is 5.44. The second-order valence-electron chi connectivity index (χ2n) is 3.37. The van der Waals surface area contributed by atoms with E-state index in [-0.39, 0.29) is 0 Å². The zero-order chi connectivity index (χ0) is 7.84. The van der Waals surface area contributed by atoms with Gasteiger partial charge in [-0.2, -0.15) is 0 Å². The van der Waals surface area contributed by atoms with Gasteiger partial charge in [-0.1, -0.05) is 18.7 Å². The highest BCUT2D eigenvalue weighted by Gasteiger charge is 2.26. The van der Waals surface area contributed by atoms with Gasteiger partial charge in [0.2, 0.25) is 0 Å². The lowest BCUT2D eigenvalue weighted by atomic mass is 9.98. The van der Waals surface area contributed by atoms with Crippen LogP contribution < -0.4 is 5.73 Å². The van der Waals surface area contributed by atoms with Gasteiger partial charge in [-0.3, -0.25) is 0 Å². The summed E-state index contributed by atoms with van der Waals surface area (Å²) in [4.78, 5) is 0. The molecule has 0 aliphatic heterocycles. The van der Waals surface area contributed by atoms with Gasteiger partial charge in [0, 0.05) is 6.42 Å². The van der Waals surface area contributed by atoms with Crippen molar-refractivity contribution in [2.45, 2.75) is 25.3 Å². The minimum atomic E-state index is 0.558. The molecule has 0 aromatic heterocycles. The molecular weight excluding hydrogens is 134 g/mol. The minimum absolute atomic E-state index is 0.558. The molecule has 0 saturated carbocycles. The highest BCUT2D eigenvalue weighted by Crippen LogP contribution is 2.34. The van der Waals surface area contributed by atoms with Crippen LogP contribution in [-0.2, 0) is 0 Å². The van der Waals surface area contributed by atoms with Gasteiger partial charge in [-0.15, -0.1) is 0 Å². The first-order valence-corrected chi connectivity index (χ1v) is 4.19. The predicted octanol–water partition coefficient (Wildman–Crippen LogP) is 1.20. The van der Waals surface area contributed by atoms with Gasteiger partial charge < -0.3 is 5.73 Å². The molecule has 0 heterocycles. The third kappa shape index (κ3) is 0.962. The minimum Gasteiger partial charge on any atom is -0.351 e. The topological polar surface area (TPSA) is 27.6 Å². The molecule has 0 fully saturated rings. The molecule has 11 heavy (non-hydrogen) atoms. The molecule has 0 amide bonds.